The number of fused-ring (bicyclic) bond motifs is 2. The van der Waals surface area contributed by atoms with Gasteiger partial charge in [0.2, 0.25) is 6.79 Å². The lowest BCUT2D eigenvalue weighted by molar-refractivity contribution is 0.174. The molecule has 3 rings (SSSR count). The molecule has 100 valence electrons. The number of hydrogen-bond donors (Lipinski definition) is 1. The van der Waals surface area contributed by atoms with Gasteiger partial charge < -0.3 is 15.2 Å². The van der Waals surface area contributed by atoms with Crippen molar-refractivity contribution in [2.75, 3.05) is 13.3 Å². The van der Waals surface area contributed by atoms with Crippen LogP contribution >= 0.6 is 0 Å². The first-order valence-electron chi connectivity index (χ1n) is 6.46. The number of aromatic nitrogens is 1. The second-order valence-corrected chi connectivity index (χ2v) is 5.73. The zero-order valence-electron chi connectivity index (χ0n) is 11.3. The fourth-order valence-electron chi connectivity index (χ4n) is 2.29. The Balaban J connectivity index is 2.10. The molecule has 0 atom stereocenters. The van der Waals surface area contributed by atoms with Crippen LogP contribution in [0.3, 0.4) is 0 Å². The predicted octanol–water partition coefficient (Wildman–Crippen LogP) is 2.49. The second-order valence-electron chi connectivity index (χ2n) is 5.73. The Morgan fingerprint density at radius 1 is 1.26 bits per heavy atom. The topological polar surface area (TPSA) is 57.4 Å². The minimum atomic E-state index is 0.0393. The number of ether oxygens (including phenoxy) is 2. The van der Waals surface area contributed by atoms with E-state index in [0.29, 0.717) is 13.3 Å². The van der Waals surface area contributed by atoms with Gasteiger partial charge in [-0.3, -0.25) is 4.98 Å². The highest BCUT2D eigenvalue weighted by Gasteiger charge is 2.20. The smallest absolute Gasteiger partial charge is 0.231 e. The Hall–Kier alpha value is -1.81. The molecule has 4 heteroatoms. The summed E-state index contributed by atoms with van der Waals surface area (Å²) in [7, 11) is 0. The lowest BCUT2D eigenvalue weighted by Crippen LogP contribution is -2.26. The van der Waals surface area contributed by atoms with Crippen LogP contribution in [-0.4, -0.2) is 18.3 Å². The molecule has 4 nitrogen and oxygen atoms in total. The largest absolute Gasteiger partial charge is 0.454 e. The molecule has 0 fully saturated rings. The minimum Gasteiger partial charge on any atom is -0.454 e. The van der Waals surface area contributed by atoms with Crippen molar-refractivity contribution in [1.29, 1.82) is 0 Å². The molecule has 0 radical (unpaired) electrons. The van der Waals surface area contributed by atoms with E-state index in [2.05, 4.69) is 18.8 Å². The van der Waals surface area contributed by atoms with E-state index in [1.54, 1.807) is 0 Å². The quantitative estimate of drug-likeness (QED) is 0.919. The molecule has 0 saturated carbocycles. The normalized spacial score (nSPS) is 14.1. The lowest BCUT2D eigenvalue weighted by atomic mass is 9.86. The molecule has 0 aliphatic carbocycles. The van der Waals surface area contributed by atoms with Gasteiger partial charge in [-0.2, -0.15) is 0 Å². The summed E-state index contributed by atoms with van der Waals surface area (Å²) >= 11 is 0. The maximum atomic E-state index is 5.82. The van der Waals surface area contributed by atoms with Crippen LogP contribution in [0.15, 0.2) is 24.4 Å². The third-order valence-corrected chi connectivity index (χ3v) is 3.54. The highest BCUT2D eigenvalue weighted by Crippen LogP contribution is 2.37. The number of pyridine rings is 1. The average molecular weight is 258 g/mol. The lowest BCUT2D eigenvalue weighted by Gasteiger charge is -2.22. The fourth-order valence-corrected chi connectivity index (χ4v) is 2.29. The standard InChI is InChI=1S/C15H18N2O2/c1-15(2,8-16)7-12-11-6-14-13(18-9-19-14)5-10(11)3-4-17-12/h3-6H,7-9,16H2,1-2H3. The monoisotopic (exact) mass is 258 g/mol. The van der Waals surface area contributed by atoms with Crippen LogP contribution in [-0.2, 0) is 6.42 Å². The van der Waals surface area contributed by atoms with Crippen LogP contribution in [0.1, 0.15) is 19.5 Å². The molecule has 0 spiro atoms. The van der Waals surface area contributed by atoms with Gasteiger partial charge in [0.15, 0.2) is 11.5 Å². The number of nitrogens with two attached hydrogens (primary N) is 1. The predicted molar refractivity (Wildman–Crippen MR) is 74.4 cm³/mol. The molecule has 0 bridgehead atoms. The summed E-state index contributed by atoms with van der Waals surface area (Å²) in [6.45, 7) is 5.24. The van der Waals surface area contributed by atoms with Gasteiger partial charge in [0.25, 0.3) is 0 Å². The highest BCUT2D eigenvalue weighted by atomic mass is 16.7. The van der Waals surface area contributed by atoms with E-state index in [0.717, 1.165) is 34.4 Å². The van der Waals surface area contributed by atoms with Crippen molar-refractivity contribution < 1.29 is 9.47 Å². The molecule has 2 heterocycles. The number of benzene rings is 1. The Kier molecular flexibility index (Phi) is 2.82. The third-order valence-electron chi connectivity index (χ3n) is 3.54. The van der Waals surface area contributed by atoms with Gasteiger partial charge >= 0.3 is 0 Å². The third kappa shape index (κ3) is 2.24. The van der Waals surface area contributed by atoms with Crippen LogP contribution in [0.5, 0.6) is 11.5 Å². The van der Waals surface area contributed by atoms with Crippen molar-refractivity contribution in [3.05, 3.63) is 30.1 Å². The summed E-state index contributed by atoms with van der Waals surface area (Å²) < 4.78 is 10.8. The fraction of sp³-hybridized carbons (Fsp3) is 0.400. The van der Waals surface area contributed by atoms with Crippen LogP contribution < -0.4 is 15.2 Å². The average Bonchev–Trinajstić information content (AvgIpc) is 2.83. The molecule has 1 aliphatic heterocycles. The van der Waals surface area contributed by atoms with Gasteiger partial charge in [-0.15, -0.1) is 0 Å². The van der Waals surface area contributed by atoms with E-state index in [-0.39, 0.29) is 5.41 Å². The van der Waals surface area contributed by atoms with Gasteiger partial charge in [0, 0.05) is 17.3 Å². The van der Waals surface area contributed by atoms with Crippen molar-refractivity contribution in [2.45, 2.75) is 20.3 Å². The molecular formula is C15H18N2O2. The maximum absolute atomic E-state index is 5.82. The zero-order chi connectivity index (χ0) is 13.5. The Labute approximate surface area is 112 Å². The van der Waals surface area contributed by atoms with E-state index >= 15 is 0 Å². The SMILES string of the molecule is CC(C)(CN)Cc1nccc2cc3c(cc12)OCO3. The summed E-state index contributed by atoms with van der Waals surface area (Å²) in [5.41, 5.74) is 6.92. The molecule has 2 N–H and O–H groups in total. The summed E-state index contributed by atoms with van der Waals surface area (Å²) in [4.78, 5) is 4.51. The molecule has 0 unspecified atom stereocenters. The van der Waals surface area contributed by atoms with E-state index in [9.17, 15) is 0 Å². The highest BCUT2D eigenvalue weighted by molar-refractivity contribution is 5.88. The Bertz CT molecular complexity index is 623. The van der Waals surface area contributed by atoms with Gasteiger partial charge in [-0.05, 0) is 42.0 Å². The summed E-state index contributed by atoms with van der Waals surface area (Å²) in [6.07, 6.45) is 2.69. The number of nitrogens with zero attached hydrogens (tertiary/aromatic N) is 1. The van der Waals surface area contributed by atoms with Gasteiger partial charge in [-0.25, -0.2) is 0 Å². The molecule has 19 heavy (non-hydrogen) atoms. The first-order valence-corrected chi connectivity index (χ1v) is 6.46. The summed E-state index contributed by atoms with van der Waals surface area (Å²) in [6, 6.07) is 6.03. The molecule has 0 saturated heterocycles. The van der Waals surface area contributed by atoms with Crippen LogP contribution in [0.2, 0.25) is 0 Å². The van der Waals surface area contributed by atoms with Crippen molar-refractivity contribution in [1.82, 2.24) is 4.98 Å². The summed E-state index contributed by atoms with van der Waals surface area (Å²) in [5.74, 6) is 1.61. The molecule has 1 aliphatic rings. The van der Waals surface area contributed by atoms with E-state index in [1.807, 2.05) is 24.4 Å². The van der Waals surface area contributed by atoms with Gasteiger partial charge in [-0.1, -0.05) is 13.8 Å². The van der Waals surface area contributed by atoms with Crippen LogP contribution in [0.4, 0.5) is 0 Å². The molecule has 0 amide bonds. The first kappa shape index (κ1) is 12.2. The van der Waals surface area contributed by atoms with Crippen molar-refractivity contribution in [3.8, 4) is 11.5 Å². The first-order chi connectivity index (χ1) is 9.09. The van der Waals surface area contributed by atoms with Crippen LogP contribution in [0.25, 0.3) is 10.8 Å². The Morgan fingerprint density at radius 3 is 2.74 bits per heavy atom. The zero-order valence-corrected chi connectivity index (χ0v) is 11.3. The molecule has 1 aromatic carbocycles. The molecule has 1 aromatic heterocycles. The molecule has 2 aromatic rings. The van der Waals surface area contributed by atoms with Gasteiger partial charge in [0.05, 0.1) is 0 Å². The maximum Gasteiger partial charge on any atom is 0.231 e. The number of rotatable bonds is 3. The van der Waals surface area contributed by atoms with Crippen molar-refractivity contribution in [2.24, 2.45) is 11.1 Å². The van der Waals surface area contributed by atoms with Crippen molar-refractivity contribution in [3.63, 3.8) is 0 Å². The van der Waals surface area contributed by atoms with E-state index in [4.69, 9.17) is 15.2 Å². The van der Waals surface area contributed by atoms with Crippen molar-refractivity contribution >= 4 is 10.8 Å². The number of hydrogen-bond acceptors (Lipinski definition) is 4. The van der Waals surface area contributed by atoms with E-state index < -0.39 is 0 Å². The Morgan fingerprint density at radius 2 is 2.00 bits per heavy atom. The second kappa shape index (κ2) is 4.38. The van der Waals surface area contributed by atoms with E-state index in [1.165, 1.54) is 0 Å². The summed E-state index contributed by atoms with van der Waals surface area (Å²) in [5, 5.41) is 2.25. The molecular weight excluding hydrogens is 240 g/mol. The van der Waals surface area contributed by atoms with Crippen LogP contribution in [0, 0.1) is 5.41 Å². The van der Waals surface area contributed by atoms with Gasteiger partial charge in [0.1, 0.15) is 0 Å². The minimum absolute atomic E-state index is 0.0393.